The molecular weight excluding hydrogens is 645 g/mol. The van der Waals surface area contributed by atoms with Crippen molar-refractivity contribution in [3.8, 4) is 89.9 Å². The summed E-state index contributed by atoms with van der Waals surface area (Å²) in [5, 5.41) is 2.36. The zero-order valence-corrected chi connectivity index (χ0v) is 28.8. The first-order valence-electron chi connectivity index (χ1n) is 17.9. The van der Waals surface area contributed by atoms with Gasteiger partial charge in [-0.3, -0.25) is 0 Å². The number of nitrogens with zero attached hydrogens (tertiary/aromatic N) is 2. The van der Waals surface area contributed by atoms with Gasteiger partial charge in [0.2, 0.25) is 0 Å². The van der Waals surface area contributed by atoms with Crippen LogP contribution in [0.25, 0.3) is 89.2 Å². The third-order valence-electron chi connectivity index (χ3n) is 10.1. The summed E-state index contributed by atoms with van der Waals surface area (Å²) in [4.78, 5) is 10.2. The second kappa shape index (κ2) is 12.9. The van der Waals surface area contributed by atoms with Gasteiger partial charge in [0.25, 0.3) is 0 Å². The van der Waals surface area contributed by atoms with Gasteiger partial charge in [-0.1, -0.05) is 158 Å². The van der Waals surface area contributed by atoms with Gasteiger partial charge in [-0.05, 0) is 80.7 Å². The lowest BCUT2D eigenvalue weighted by atomic mass is 9.92. The SMILES string of the molecule is c1ccc(-c2ccc(-c3cc(-c4cccc(-c5cccc(-c6ccc7c(c6)Oc6cccc8cccc-7c68)c5)c4)nc(-c4ccccc4)n3)cc2)cc1. The molecule has 1 aromatic heterocycles. The number of benzene rings is 8. The van der Waals surface area contributed by atoms with E-state index in [1.54, 1.807) is 0 Å². The van der Waals surface area contributed by atoms with Gasteiger partial charge >= 0.3 is 0 Å². The van der Waals surface area contributed by atoms with Crippen molar-refractivity contribution in [2.24, 2.45) is 0 Å². The number of hydrogen-bond acceptors (Lipinski definition) is 3. The molecule has 0 unspecified atom stereocenters. The molecule has 0 aliphatic carbocycles. The van der Waals surface area contributed by atoms with Crippen LogP contribution in [-0.2, 0) is 0 Å². The van der Waals surface area contributed by atoms with Gasteiger partial charge < -0.3 is 4.74 Å². The Morgan fingerprint density at radius 3 is 1.53 bits per heavy atom. The van der Waals surface area contributed by atoms with Crippen LogP contribution >= 0.6 is 0 Å². The number of hydrogen-bond donors (Lipinski definition) is 0. The Morgan fingerprint density at radius 2 is 0.811 bits per heavy atom. The van der Waals surface area contributed by atoms with Crippen molar-refractivity contribution in [2.75, 3.05) is 0 Å². The van der Waals surface area contributed by atoms with Gasteiger partial charge in [0, 0.05) is 27.6 Å². The van der Waals surface area contributed by atoms with Crippen molar-refractivity contribution in [1.82, 2.24) is 9.97 Å². The average molecular weight is 677 g/mol. The first-order valence-corrected chi connectivity index (χ1v) is 17.9. The van der Waals surface area contributed by atoms with Crippen LogP contribution in [0.1, 0.15) is 0 Å². The third-order valence-corrected chi connectivity index (χ3v) is 10.1. The largest absolute Gasteiger partial charge is 0.456 e. The highest BCUT2D eigenvalue weighted by atomic mass is 16.5. The lowest BCUT2D eigenvalue weighted by Crippen LogP contribution is -1.97. The smallest absolute Gasteiger partial charge is 0.160 e. The van der Waals surface area contributed by atoms with E-state index >= 15 is 0 Å². The lowest BCUT2D eigenvalue weighted by molar-refractivity contribution is 0.487. The Hall–Kier alpha value is -7.10. The summed E-state index contributed by atoms with van der Waals surface area (Å²) < 4.78 is 6.49. The fourth-order valence-electron chi connectivity index (χ4n) is 7.40. The summed E-state index contributed by atoms with van der Waals surface area (Å²) in [6.45, 7) is 0. The normalized spacial score (nSPS) is 11.5. The minimum atomic E-state index is 0.700. The molecule has 0 radical (unpaired) electrons. The number of rotatable bonds is 6. The molecule has 9 aromatic rings. The van der Waals surface area contributed by atoms with Crippen LogP contribution in [0.15, 0.2) is 194 Å². The zero-order valence-electron chi connectivity index (χ0n) is 28.8. The summed E-state index contributed by atoms with van der Waals surface area (Å²) >= 11 is 0. The monoisotopic (exact) mass is 676 g/mol. The van der Waals surface area contributed by atoms with E-state index in [9.17, 15) is 0 Å². The van der Waals surface area contributed by atoms with E-state index in [4.69, 9.17) is 14.7 Å². The molecule has 1 aliphatic rings. The van der Waals surface area contributed by atoms with E-state index in [0.29, 0.717) is 5.82 Å². The van der Waals surface area contributed by atoms with E-state index in [2.05, 4.69) is 170 Å². The highest BCUT2D eigenvalue weighted by molar-refractivity contribution is 6.04. The van der Waals surface area contributed by atoms with Crippen molar-refractivity contribution in [3.63, 3.8) is 0 Å². The van der Waals surface area contributed by atoms with E-state index in [0.717, 1.165) is 67.4 Å². The van der Waals surface area contributed by atoms with E-state index in [1.807, 2.05) is 24.3 Å². The van der Waals surface area contributed by atoms with Crippen molar-refractivity contribution in [1.29, 1.82) is 0 Å². The number of fused-ring (bicyclic) bond motifs is 2. The average Bonchev–Trinajstić information content (AvgIpc) is 3.24. The standard InChI is InChI=1S/C50H32N2O/c1-3-11-33(12-4-1)34-23-25-35(26-24-34)45-32-46(52-50(51-45)37-13-5-2-6-14-37)42-20-8-19-40(30-42)38-17-7-18-39(29-38)41-27-28-43-44-21-9-15-36-16-10-22-47(49(36)44)53-48(43)31-41/h1-32H. The molecule has 8 aromatic carbocycles. The first kappa shape index (κ1) is 30.7. The Kier molecular flexibility index (Phi) is 7.47. The van der Waals surface area contributed by atoms with Crippen LogP contribution in [0.3, 0.4) is 0 Å². The second-order valence-corrected chi connectivity index (χ2v) is 13.4. The van der Waals surface area contributed by atoms with Crippen LogP contribution in [0.5, 0.6) is 11.5 Å². The summed E-state index contributed by atoms with van der Waals surface area (Å²) in [6.07, 6.45) is 0. The highest BCUT2D eigenvalue weighted by Gasteiger charge is 2.20. The maximum atomic E-state index is 6.49. The molecule has 1 aliphatic heterocycles. The molecule has 0 atom stereocenters. The molecule has 53 heavy (non-hydrogen) atoms. The summed E-state index contributed by atoms with van der Waals surface area (Å²) in [5.41, 5.74) is 14.0. The number of ether oxygens (including phenoxy) is 1. The van der Waals surface area contributed by atoms with Crippen LogP contribution < -0.4 is 4.74 Å². The fraction of sp³-hybridized carbons (Fsp3) is 0. The molecule has 2 heterocycles. The third kappa shape index (κ3) is 5.75. The predicted octanol–water partition coefficient (Wildman–Crippen LogP) is 13.4. The molecular formula is C50H32N2O. The Labute approximate surface area is 308 Å². The number of aromatic nitrogens is 2. The fourth-order valence-corrected chi connectivity index (χ4v) is 7.40. The van der Waals surface area contributed by atoms with Crippen LogP contribution in [0.4, 0.5) is 0 Å². The van der Waals surface area contributed by atoms with Gasteiger partial charge in [-0.25, -0.2) is 9.97 Å². The molecule has 0 N–H and O–H groups in total. The van der Waals surface area contributed by atoms with Crippen LogP contribution in [0, 0.1) is 0 Å². The summed E-state index contributed by atoms with van der Waals surface area (Å²) in [7, 11) is 0. The topological polar surface area (TPSA) is 35.0 Å². The maximum Gasteiger partial charge on any atom is 0.160 e. The minimum Gasteiger partial charge on any atom is -0.456 e. The Balaban J connectivity index is 1.01. The molecule has 3 nitrogen and oxygen atoms in total. The van der Waals surface area contributed by atoms with Gasteiger partial charge in [-0.15, -0.1) is 0 Å². The minimum absolute atomic E-state index is 0.700. The highest BCUT2D eigenvalue weighted by Crippen LogP contribution is 2.47. The summed E-state index contributed by atoms with van der Waals surface area (Å²) in [5.74, 6) is 2.48. The lowest BCUT2D eigenvalue weighted by Gasteiger charge is -2.22. The first-order chi connectivity index (χ1) is 26.2. The Bertz CT molecular complexity index is 2790. The molecule has 0 saturated carbocycles. The second-order valence-electron chi connectivity index (χ2n) is 13.4. The summed E-state index contributed by atoms with van der Waals surface area (Å²) in [6, 6.07) is 68.0. The van der Waals surface area contributed by atoms with Gasteiger partial charge in [0.15, 0.2) is 5.82 Å². The molecule has 10 rings (SSSR count). The van der Waals surface area contributed by atoms with Gasteiger partial charge in [0.05, 0.1) is 11.4 Å². The van der Waals surface area contributed by atoms with Gasteiger partial charge in [-0.2, -0.15) is 0 Å². The molecule has 0 amide bonds. The predicted molar refractivity (Wildman–Crippen MR) is 218 cm³/mol. The van der Waals surface area contributed by atoms with Crippen LogP contribution in [-0.4, -0.2) is 9.97 Å². The molecule has 0 bridgehead atoms. The zero-order chi connectivity index (χ0) is 35.1. The van der Waals surface area contributed by atoms with E-state index in [-0.39, 0.29) is 0 Å². The molecule has 0 saturated heterocycles. The Morgan fingerprint density at radius 1 is 0.302 bits per heavy atom. The molecule has 0 fully saturated rings. The van der Waals surface area contributed by atoms with Crippen molar-refractivity contribution in [3.05, 3.63) is 194 Å². The van der Waals surface area contributed by atoms with Crippen molar-refractivity contribution in [2.45, 2.75) is 0 Å². The quantitative estimate of drug-likeness (QED) is 0.176. The van der Waals surface area contributed by atoms with E-state index in [1.165, 1.54) is 27.5 Å². The van der Waals surface area contributed by atoms with Crippen LogP contribution in [0.2, 0.25) is 0 Å². The van der Waals surface area contributed by atoms with E-state index < -0.39 is 0 Å². The molecule has 3 heteroatoms. The molecule has 0 spiro atoms. The van der Waals surface area contributed by atoms with Gasteiger partial charge in [0.1, 0.15) is 11.5 Å². The molecule has 248 valence electrons. The maximum absolute atomic E-state index is 6.49. The van der Waals surface area contributed by atoms with Crippen molar-refractivity contribution >= 4 is 10.8 Å². The van der Waals surface area contributed by atoms with Crippen molar-refractivity contribution < 1.29 is 4.74 Å².